The van der Waals surface area contributed by atoms with Gasteiger partial charge in [0.05, 0.1) is 5.25 Å². The first-order valence-electron chi connectivity index (χ1n) is 4.96. The van der Waals surface area contributed by atoms with Crippen molar-refractivity contribution >= 4 is 16.9 Å². The second kappa shape index (κ2) is 3.00. The van der Waals surface area contributed by atoms with E-state index < -0.39 is 5.72 Å². The van der Waals surface area contributed by atoms with E-state index in [1.807, 2.05) is 18.2 Å². The molecular weight excluding hydrogens is 208 g/mol. The first-order valence-corrected chi connectivity index (χ1v) is 5.84. The fourth-order valence-corrected chi connectivity index (χ4v) is 3.51. The van der Waals surface area contributed by atoms with E-state index in [9.17, 15) is 5.11 Å². The van der Waals surface area contributed by atoms with Crippen LogP contribution in [0.15, 0.2) is 29.3 Å². The van der Waals surface area contributed by atoms with Crippen LogP contribution in [0.1, 0.15) is 11.1 Å². The molecule has 0 spiro atoms. The Kier molecular flexibility index (Phi) is 1.85. The predicted octanol–water partition coefficient (Wildman–Crippen LogP) is 1.08. The molecule has 3 nitrogen and oxygen atoms in total. The van der Waals surface area contributed by atoms with Crippen LogP contribution in [-0.2, 0) is 12.1 Å². The topological polar surface area (TPSA) is 44.6 Å². The lowest BCUT2D eigenvalue weighted by Crippen LogP contribution is -2.42. The number of nitrogens with zero attached hydrogens (tertiary/aromatic N) is 1. The molecule has 15 heavy (non-hydrogen) atoms. The molecule has 1 heterocycles. The summed E-state index contributed by atoms with van der Waals surface area (Å²) in [5.41, 5.74) is 1.33. The van der Waals surface area contributed by atoms with Crippen LogP contribution in [-0.4, -0.2) is 22.6 Å². The summed E-state index contributed by atoms with van der Waals surface area (Å²) in [6.45, 7) is 0. The third-order valence-electron chi connectivity index (χ3n) is 3.05. The molecule has 3 rings (SSSR count). The van der Waals surface area contributed by atoms with E-state index in [2.05, 4.69) is 16.4 Å². The number of hydrogen-bond acceptors (Lipinski definition) is 3. The van der Waals surface area contributed by atoms with Crippen LogP contribution in [0, 0.1) is 0 Å². The summed E-state index contributed by atoms with van der Waals surface area (Å²) in [5.74, 6) is 0. The van der Waals surface area contributed by atoms with Gasteiger partial charge in [0, 0.05) is 12.6 Å². The van der Waals surface area contributed by atoms with E-state index in [4.69, 9.17) is 0 Å². The fourth-order valence-electron chi connectivity index (χ4n) is 2.30. The molecule has 0 aromatic heterocycles. The summed E-state index contributed by atoms with van der Waals surface area (Å²) in [5, 5.41) is 14.7. The molecule has 0 radical (unpaired) electrons. The Hall–Kier alpha value is -1.00. The molecule has 78 valence electrons. The molecule has 2 atom stereocenters. The van der Waals surface area contributed by atoms with Gasteiger partial charge in [0.2, 0.25) is 0 Å². The maximum absolute atomic E-state index is 10.6. The van der Waals surface area contributed by atoms with Crippen molar-refractivity contribution in [2.45, 2.75) is 17.4 Å². The first-order chi connectivity index (χ1) is 7.24. The average Bonchev–Trinajstić information content (AvgIpc) is 2.69. The van der Waals surface area contributed by atoms with Gasteiger partial charge in [-0.05, 0) is 12.0 Å². The standard InChI is InChI=1S/C11H12N2OS/c1-12-10-13-11(14)8-5-3-2-4-7(8)6-9(11)15-10/h2-5,9,14H,6H2,1H3,(H,12,13). The smallest absolute Gasteiger partial charge is 0.176 e. The van der Waals surface area contributed by atoms with Gasteiger partial charge in [0.1, 0.15) is 0 Å². The molecule has 2 N–H and O–H groups in total. The predicted molar refractivity (Wildman–Crippen MR) is 61.9 cm³/mol. The first kappa shape index (κ1) is 9.24. The van der Waals surface area contributed by atoms with Crippen molar-refractivity contribution in [2.24, 2.45) is 4.99 Å². The molecule has 1 aromatic carbocycles. The summed E-state index contributed by atoms with van der Waals surface area (Å²) >= 11 is 1.63. The van der Waals surface area contributed by atoms with Crippen molar-refractivity contribution in [1.29, 1.82) is 0 Å². The SMILES string of the molecule is CN=C1NC2(O)c3ccccc3CC2S1. The highest BCUT2D eigenvalue weighted by Crippen LogP contribution is 2.46. The van der Waals surface area contributed by atoms with Gasteiger partial charge in [-0.15, -0.1) is 0 Å². The Morgan fingerprint density at radius 2 is 2.33 bits per heavy atom. The van der Waals surface area contributed by atoms with Crippen molar-refractivity contribution in [3.63, 3.8) is 0 Å². The average molecular weight is 220 g/mol. The van der Waals surface area contributed by atoms with Crippen molar-refractivity contribution in [1.82, 2.24) is 5.32 Å². The molecule has 0 saturated carbocycles. The molecule has 4 heteroatoms. The van der Waals surface area contributed by atoms with Crippen LogP contribution in [0.5, 0.6) is 0 Å². The van der Waals surface area contributed by atoms with Crippen molar-refractivity contribution in [3.05, 3.63) is 35.4 Å². The minimum atomic E-state index is -0.907. The molecule has 1 aliphatic carbocycles. The van der Waals surface area contributed by atoms with Crippen LogP contribution < -0.4 is 5.32 Å². The van der Waals surface area contributed by atoms with E-state index in [0.29, 0.717) is 0 Å². The zero-order chi connectivity index (χ0) is 10.5. The number of amidine groups is 1. The van der Waals surface area contributed by atoms with Gasteiger partial charge in [0.25, 0.3) is 0 Å². The minimum Gasteiger partial charge on any atom is -0.366 e. The van der Waals surface area contributed by atoms with Crippen LogP contribution in [0.3, 0.4) is 0 Å². The number of fused-ring (bicyclic) bond motifs is 3. The van der Waals surface area contributed by atoms with Crippen LogP contribution in [0.4, 0.5) is 0 Å². The van der Waals surface area contributed by atoms with E-state index in [0.717, 1.165) is 17.2 Å². The molecule has 1 saturated heterocycles. The molecule has 0 bridgehead atoms. The lowest BCUT2D eigenvalue weighted by molar-refractivity contribution is 0.0340. The highest BCUT2D eigenvalue weighted by molar-refractivity contribution is 8.14. The number of aliphatic hydroxyl groups is 1. The van der Waals surface area contributed by atoms with Crippen LogP contribution in [0.25, 0.3) is 0 Å². The summed E-state index contributed by atoms with van der Waals surface area (Å²) in [6.07, 6.45) is 0.906. The normalized spacial score (nSPS) is 35.1. The Labute approximate surface area is 92.6 Å². The third kappa shape index (κ3) is 1.15. The fraction of sp³-hybridized carbons (Fsp3) is 0.364. The molecule has 2 unspecified atom stereocenters. The van der Waals surface area contributed by atoms with Gasteiger partial charge in [-0.3, -0.25) is 4.99 Å². The van der Waals surface area contributed by atoms with E-state index in [-0.39, 0.29) is 5.25 Å². The minimum absolute atomic E-state index is 0.161. The number of thioether (sulfide) groups is 1. The monoisotopic (exact) mass is 220 g/mol. The number of nitrogens with one attached hydrogen (secondary N) is 1. The Morgan fingerprint density at radius 3 is 3.13 bits per heavy atom. The largest absolute Gasteiger partial charge is 0.366 e. The summed E-state index contributed by atoms with van der Waals surface area (Å²) < 4.78 is 0. The Morgan fingerprint density at radius 1 is 1.53 bits per heavy atom. The van der Waals surface area contributed by atoms with Gasteiger partial charge < -0.3 is 10.4 Å². The third-order valence-corrected chi connectivity index (χ3v) is 4.35. The molecule has 1 aromatic rings. The van der Waals surface area contributed by atoms with Crippen LogP contribution >= 0.6 is 11.8 Å². The van der Waals surface area contributed by atoms with Crippen molar-refractivity contribution in [3.8, 4) is 0 Å². The molecule has 1 aliphatic heterocycles. The number of aliphatic imine (C=N–C) groups is 1. The molecular formula is C11H12N2OS. The van der Waals surface area contributed by atoms with Crippen LogP contribution in [0.2, 0.25) is 0 Å². The number of rotatable bonds is 0. The molecule has 2 aliphatic rings. The van der Waals surface area contributed by atoms with Crippen molar-refractivity contribution < 1.29 is 5.11 Å². The zero-order valence-electron chi connectivity index (χ0n) is 8.40. The van der Waals surface area contributed by atoms with Gasteiger partial charge in [-0.1, -0.05) is 36.0 Å². The maximum Gasteiger partial charge on any atom is 0.176 e. The Bertz CT molecular complexity index is 446. The highest BCUT2D eigenvalue weighted by atomic mass is 32.2. The maximum atomic E-state index is 10.6. The highest BCUT2D eigenvalue weighted by Gasteiger charge is 2.51. The summed E-state index contributed by atoms with van der Waals surface area (Å²) in [4.78, 5) is 4.10. The second-order valence-electron chi connectivity index (χ2n) is 3.89. The Balaban J connectivity index is 2.09. The summed E-state index contributed by atoms with van der Waals surface area (Å²) in [6, 6.07) is 8.05. The number of hydrogen-bond donors (Lipinski definition) is 2. The molecule has 0 amide bonds. The number of benzene rings is 1. The lowest BCUT2D eigenvalue weighted by Gasteiger charge is -2.22. The van der Waals surface area contributed by atoms with E-state index in [1.54, 1.807) is 18.8 Å². The van der Waals surface area contributed by atoms with Gasteiger partial charge in [0.15, 0.2) is 10.9 Å². The van der Waals surface area contributed by atoms with E-state index in [1.165, 1.54) is 5.56 Å². The van der Waals surface area contributed by atoms with Gasteiger partial charge >= 0.3 is 0 Å². The second-order valence-corrected chi connectivity index (χ2v) is 5.08. The van der Waals surface area contributed by atoms with Gasteiger partial charge in [-0.2, -0.15) is 0 Å². The quantitative estimate of drug-likeness (QED) is 0.687. The lowest BCUT2D eigenvalue weighted by atomic mass is 10.1. The van der Waals surface area contributed by atoms with Crippen molar-refractivity contribution in [2.75, 3.05) is 7.05 Å². The van der Waals surface area contributed by atoms with Gasteiger partial charge in [-0.25, -0.2) is 0 Å². The zero-order valence-corrected chi connectivity index (χ0v) is 9.21. The molecule has 1 fully saturated rings. The van der Waals surface area contributed by atoms with E-state index >= 15 is 0 Å². The summed E-state index contributed by atoms with van der Waals surface area (Å²) in [7, 11) is 1.74.